The van der Waals surface area contributed by atoms with Gasteiger partial charge in [-0.3, -0.25) is 0 Å². The summed E-state index contributed by atoms with van der Waals surface area (Å²) in [5.41, 5.74) is 0.735. The highest BCUT2D eigenvalue weighted by Crippen LogP contribution is 2.17. The van der Waals surface area contributed by atoms with Gasteiger partial charge in [0.2, 0.25) is 0 Å². The average molecular weight is 274 g/mol. The summed E-state index contributed by atoms with van der Waals surface area (Å²) in [7, 11) is -2.52. The summed E-state index contributed by atoms with van der Waals surface area (Å²) in [5.74, 6) is 4.53. The van der Waals surface area contributed by atoms with E-state index in [4.69, 9.17) is 10.1 Å². The molecule has 0 amide bonds. The Morgan fingerprint density at radius 2 is 1.95 bits per heavy atom. The van der Waals surface area contributed by atoms with Crippen molar-refractivity contribution in [3.8, 4) is 5.75 Å². The van der Waals surface area contributed by atoms with Gasteiger partial charge in [-0.05, 0) is 30.2 Å². The molecule has 1 N–H and O–H groups in total. The number of ether oxygens (including phenoxy) is 1. The van der Waals surface area contributed by atoms with Gasteiger partial charge >= 0.3 is 0 Å². The van der Waals surface area contributed by atoms with Crippen LogP contribution in [0.15, 0.2) is 58.7 Å². The predicted molar refractivity (Wildman–Crippen MR) is 80.6 cm³/mol. The second-order valence-corrected chi connectivity index (χ2v) is 6.25. The van der Waals surface area contributed by atoms with Crippen molar-refractivity contribution in [2.75, 3.05) is 6.26 Å². The molecule has 0 spiro atoms. The van der Waals surface area contributed by atoms with E-state index in [1.165, 1.54) is 12.3 Å². The van der Waals surface area contributed by atoms with Crippen LogP contribution in [0.1, 0.15) is 0 Å². The first kappa shape index (κ1) is 13.3. The van der Waals surface area contributed by atoms with Crippen LogP contribution in [0.3, 0.4) is 0 Å². The minimum atomic E-state index is -2.52. The first-order chi connectivity index (χ1) is 8.94. The van der Waals surface area contributed by atoms with Crippen molar-refractivity contribution in [1.29, 1.82) is 5.41 Å². The van der Waals surface area contributed by atoms with Gasteiger partial charge in [0, 0.05) is 12.3 Å². The molecule has 5 heteroatoms. The maximum Gasteiger partial charge on any atom is 0.155 e. The average Bonchev–Trinajstić information content (AvgIpc) is 2.32. The number of para-hydroxylation sites is 1. The van der Waals surface area contributed by atoms with E-state index >= 15 is 0 Å². The number of allylic oxidation sites excluding steroid dienone is 3. The maximum absolute atomic E-state index is 11.7. The van der Waals surface area contributed by atoms with E-state index in [1.54, 1.807) is 24.3 Å². The summed E-state index contributed by atoms with van der Waals surface area (Å²) in [6.07, 6.45) is 6.17. The van der Waals surface area contributed by atoms with Crippen LogP contribution < -0.4 is 4.74 Å². The molecule has 0 fully saturated rings. The molecular weight excluding hydrogens is 260 g/mol. The molecule has 0 saturated carbocycles. The van der Waals surface area contributed by atoms with Crippen molar-refractivity contribution in [3.63, 3.8) is 0 Å². The fourth-order valence-electron chi connectivity index (χ4n) is 1.49. The Morgan fingerprint density at radius 3 is 2.58 bits per heavy atom. The second kappa shape index (κ2) is 5.24. The van der Waals surface area contributed by atoms with Crippen LogP contribution >= 0.6 is 0 Å². The summed E-state index contributed by atoms with van der Waals surface area (Å²) in [6.45, 7) is 0. The molecule has 0 saturated heterocycles. The largest absolute Gasteiger partial charge is 0.455 e. The van der Waals surface area contributed by atoms with E-state index in [1.807, 2.05) is 18.2 Å². The Bertz CT molecular complexity index is 683. The van der Waals surface area contributed by atoms with Gasteiger partial charge in [0.05, 0.1) is 15.4 Å². The predicted octanol–water partition coefficient (Wildman–Crippen LogP) is 2.24. The Labute approximate surface area is 112 Å². The minimum Gasteiger partial charge on any atom is -0.455 e. The first-order valence-corrected chi connectivity index (χ1v) is 7.67. The molecule has 19 heavy (non-hydrogen) atoms. The summed E-state index contributed by atoms with van der Waals surface area (Å²) >= 11 is 0. The zero-order valence-corrected chi connectivity index (χ0v) is 11.3. The zero-order chi connectivity index (χ0) is 13.9. The molecule has 0 heterocycles. The van der Waals surface area contributed by atoms with E-state index in [0.717, 1.165) is 0 Å². The lowest BCUT2D eigenvalue weighted by Gasteiger charge is -2.13. The third kappa shape index (κ3) is 3.93. The van der Waals surface area contributed by atoms with Crippen LogP contribution in [0.25, 0.3) is 0 Å². The fraction of sp³-hybridized carbons (Fsp3) is 0.0714. The molecule has 98 valence electrons. The maximum atomic E-state index is 11.7. The zero-order valence-electron chi connectivity index (χ0n) is 10.5. The van der Waals surface area contributed by atoms with Crippen molar-refractivity contribution in [2.45, 2.75) is 0 Å². The molecule has 1 aliphatic carbocycles. The Hall–Kier alpha value is -2.14. The highest BCUT2D eigenvalue weighted by Gasteiger charge is 2.13. The number of nitrogens with one attached hydrogen (secondary N) is 1. The quantitative estimate of drug-likeness (QED) is 0.678. The van der Waals surface area contributed by atoms with Gasteiger partial charge in [-0.1, -0.05) is 18.2 Å². The van der Waals surface area contributed by atoms with Crippen LogP contribution in [0.4, 0.5) is 0 Å². The molecule has 1 aromatic carbocycles. The van der Waals surface area contributed by atoms with Gasteiger partial charge in [-0.15, -0.1) is 0 Å². The minimum absolute atomic E-state index is 0.302. The van der Waals surface area contributed by atoms with Gasteiger partial charge in [0.1, 0.15) is 11.5 Å². The molecule has 1 aliphatic rings. The van der Waals surface area contributed by atoms with Crippen LogP contribution in [0.2, 0.25) is 0 Å². The van der Waals surface area contributed by atoms with Crippen molar-refractivity contribution in [3.05, 3.63) is 54.3 Å². The molecule has 0 aliphatic heterocycles. The molecule has 1 unspecified atom stereocenters. The third-order valence-electron chi connectivity index (χ3n) is 2.22. The van der Waals surface area contributed by atoms with Gasteiger partial charge in [0.25, 0.3) is 0 Å². The second-order valence-electron chi connectivity index (χ2n) is 4.15. The number of hydrogen-bond acceptors (Lipinski definition) is 3. The number of nitrogens with zero attached hydrogens (tertiary/aromatic N) is 1. The van der Waals surface area contributed by atoms with Crippen LogP contribution in [-0.2, 0) is 9.71 Å². The van der Waals surface area contributed by atoms with Crippen molar-refractivity contribution >= 4 is 27.0 Å². The highest BCUT2D eigenvalue weighted by molar-refractivity contribution is 7.98. The van der Waals surface area contributed by atoms with Gasteiger partial charge in [-0.2, -0.15) is 4.40 Å². The molecule has 0 radical (unpaired) electrons. The number of benzene rings is 1. The molecule has 1 atom stereocenters. The summed E-state index contributed by atoms with van der Waals surface area (Å²) in [5, 5.41) is 7.62. The molecule has 4 nitrogen and oxygen atoms in total. The van der Waals surface area contributed by atoms with E-state index in [0.29, 0.717) is 22.9 Å². The SMILES string of the molecule is C=S(C)(=O)/N=C1\C=CC(=N)C=C1Oc1ccccc1. The Morgan fingerprint density at radius 1 is 1.26 bits per heavy atom. The van der Waals surface area contributed by atoms with Gasteiger partial charge < -0.3 is 10.1 Å². The first-order valence-electron chi connectivity index (χ1n) is 5.58. The van der Waals surface area contributed by atoms with Crippen molar-refractivity contribution < 1.29 is 8.95 Å². The summed E-state index contributed by atoms with van der Waals surface area (Å²) < 4.78 is 21.4. The Balaban J connectivity index is 2.35. The molecule has 1 aromatic rings. The standard InChI is InChI=1S/C14H14N2O2S/c1-19(2,17)16-13-9-8-11(15)10-14(13)18-12-6-4-3-5-7-12/h3-10,15H,1H2,2H3/b15-11?,16-13+. The summed E-state index contributed by atoms with van der Waals surface area (Å²) in [6, 6.07) is 9.18. The van der Waals surface area contributed by atoms with Gasteiger partial charge in [0.15, 0.2) is 5.76 Å². The van der Waals surface area contributed by atoms with E-state index in [9.17, 15) is 4.21 Å². The number of rotatable bonds is 3. The highest BCUT2D eigenvalue weighted by atomic mass is 32.2. The smallest absolute Gasteiger partial charge is 0.155 e. The van der Waals surface area contributed by atoms with E-state index in [2.05, 4.69) is 10.3 Å². The molecule has 0 aromatic heterocycles. The lowest BCUT2D eigenvalue weighted by Crippen LogP contribution is -2.14. The normalized spacial score (nSPS) is 19.9. The topological polar surface area (TPSA) is 62.5 Å². The lowest BCUT2D eigenvalue weighted by atomic mass is 10.1. The molecule has 0 bridgehead atoms. The van der Waals surface area contributed by atoms with E-state index in [-0.39, 0.29) is 0 Å². The van der Waals surface area contributed by atoms with Crippen LogP contribution in [0, 0.1) is 5.41 Å². The fourth-order valence-corrected chi connectivity index (χ4v) is 2.06. The summed E-state index contributed by atoms with van der Waals surface area (Å²) in [4.78, 5) is 0. The Kier molecular flexibility index (Phi) is 3.66. The molecular formula is C14H14N2O2S. The lowest BCUT2D eigenvalue weighted by molar-refractivity contribution is 0.455. The number of hydrogen-bond donors (Lipinski definition) is 1. The van der Waals surface area contributed by atoms with Crippen molar-refractivity contribution in [2.24, 2.45) is 4.40 Å². The van der Waals surface area contributed by atoms with E-state index < -0.39 is 9.71 Å². The van der Waals surface area contributed by atoms with Crippen molar-refractivity contribution in [1.82, 2.24) is 0 Å². The van der Waals surface area contributed by atoms with Crippen LogP contribution in [-0.4, -0.2) is 27.8 Å². The third-order valence-corrected chi connectivity index (χ3v) is 2.81. The molecule has 2 rings (SSSR count). The van der Waals surface area contributed by atoms with Gasteiger partial charge in [-0.25, -0.2) is 4.21 Å². The van der Waals surface area contributed by atoms with Crippen LogP contribution in [0.5, 0.6) is 5.75 Å². The monoisotopic (exact) mass is 274 g/mol.